The number of carbonyl (C=O) groups excluding carboxylic acids is 2. The summed E-state index contributed by atoms with van der Waals surface area (Å²) in [5.41, 5.74) is 0. The van der Waals surface area contributed by atoms with Gasteiger partial charge in [0.2, 0.25) is 5.91 Å². The molecule has 0 bridgehead atoms. The Kier molecular flexibility index (Phi) is 6.32. The van der Waals surface area contributed by atoms with Crippen LogP contribution in [0.2, 0.25) is 0 Å². The van der Waals surface area contributed by atoms with Crippen molar-refractivity contribution in [1.29, 1.82) is 0 Å². The lowest BCUT2D eigenvalue weighted by molar-refractivity contribution is -0.137. The van der Waals surface area contributed by atoms with Crippen LogP contribution in [0.4, 0.5) is 0 Å². The second-order valence-corrected chi connectivity index (χ2v) is 3.61. The molecular formula is C10H18N2O4. The third kappa shape index (κ3) is 5.45. The van der Waals surface area contributed by atoms with Crippen LogP contribution in [0.25, 0.3) is 0 Å². The minimum absolute atomic E-state index is 0.0899. The summed E-state index contributed by atoms with van der Waals surface area (Å²) in [4.78, 5) is 32.9. The van der Waals surface area contributed by atoms with Gasteiger partial charge in [0, 0.05) is 6.42 Å². The van der Waals surface area contributed by atoms with E-state index in [9.17, 15) is 14.4 Å². The lowest BCUT2D eigenvalue weighted by Gasteiger charge is -2.17. The van der Waals surface area contributed by atoms with Crippen LogP contribution in [0.5, 0.6) is 0 Å². The SMILES string of the molecule is CN[C@@H](CCC(=O)O)C(=O)N[C@H](C)C(C)=O. The lowest BCUT2D eigenvalue weighted by Crippen LogP contribution is -2.48. The second kappa shape index (κ2) is 6.95. The van der Waals surface area contributed by atoms with Crippen LogP contribution in [-0.2, 0) is 14.4 Å². The highest BCUT2D eigenvalue weighted by atomic mass is 16.4. The van der Waals surface area contributed by atoms with E-state index in [1.165, 1.54) is 6.92 Å². The zero-order valence-corrected chi connectivity index (χ0v) is 9.74. The summed E-state index contributed by atoms with van der Waals surface area (Å²) < 4.78 is 0. The number of hydrogen-bond acceptors (Lipinski definition) is 4. The van der Waals surface area contributed by atoms with Crippen LogP contribution in [0.3, 0.4) is 0 Å². The predicted molar refractivity (Wildman–Crippen MR) is 58.0 cm³/mol. The number of hydrogen-bond donors (Lipinski definition) is 3. The van der Waals surface area contributed by atoms with Gasteiger partial charge in [-0.05, 0) is 27.3 Å². The van der Waals surface area contributed by atoms with E-state index in [0.29, 0.717) is 0 Å². The van der Waals surface area contributed by atoms with Crippen molar-refractivity contribution in [3.05, 3.63) is 0 Å². The van der Waals surface area contributed by atoms with Crippen LogP contribution in [0.15, 0.2) is 0 Å². The molecule has 0 radical (unpaired) electrons. The molecule has 0 saturated heterocycles. The zero-order valence-electron chi connectivity index (χ0n) is 9.74. The molecule has 0 aromatic heterocycles. The monoisotopic (exact) mass is 230 g/mol. The first-order valence-corrected chi connectivity index (χ1v) is 5.08. The van der Waals surface area contributed by atoms with Gasteiger partial charge in [0.15, 0.2) is 5.78 Å². The first-order chi connectivity index (χ1) is 7.38. The first kappa shape index (κ1) is 14.6. The molecule has 6 nitrogen and oxygen atoms in total. The number of Topliss-reactive ketones (excluding diaryl/α,β-unsaturated/α-hetero) is 1. The topological polar surface area (TPSA) is 95.5 Å². The van der Waals surface area contributed by atoms with Crippen LogP contribution < -0.4 is 10.6 Å². The number of carbonyl (C=O) groups is 3. The Labute approximate surface area is 94.4 Å². The fraction of sp³-hybridized carbons (Fsp3) is 0.700. The van der Waals surface area contributed by atoms with Crippen molar-refractivity contribution < 1.29 is 19.5 Å². The fourth-order valence-corrected chi connectivity index (χ4v) is 1.09. The maximum atomic E-state index is 11.6. The Hall–Kier alpha value is -1.43. The molecule has 0 saturated carbocycles. The van der Waals surface area contributed by atoms with Gasteiger partial charge in [0.25, 0.3) is 0 Å². The van der Waals surface area contributed by atoms with Gasteiger partial charge < -0.3 is 15.7 Å². The van der Waals surface area contributed by atoms with Gasteiger partial charge >= 0.3 is 5.97 Å². The highest BCUT2D eigenvalue weighted by molar-refractivity contribution is 5.89. The summed E-state index contributed by atoms with van der Waals surface area (Å²) >= 11 is 0. The Morgan fingerprint density at radius 3 is 2.25 bits per heavy atom. The highest BCUT2D eigenvalue weighted by Gasteiger charge is 2.20. The molecule has 0 aromatic carbocycles. The molecule has 3 N–H and O–H groups in total. The van der Waals surface area contributed by atoms with Gasteiger partial charge in [-0.2, -0.15) is 0 Å². The van der Waals surface area contributed by atoms with Gasteiger partial charge in [0.05, 0.1) is 12.1 Å². The van der Waals surface area contributed by atoms with Gasteiger partial charge in [-0.1, -0.05) is 0 Å². The molecule has 16 heavy (non-hydrogen) atoms. The number of carboxylic acid groups (broad SMARTS) is 1. The molecular weight excluding hydrogens is 212 g/mol. The van der Waals surface area contributed by atoms with E-state index in [1.54, 1.807) is 14.0 Å². The summed E-state index contributed by atoms with van der Waals surface area (Å²) in [6, 6.07) is -1.13. The molecule has 0 aromatic rings. The number of aliphatic carboxylic acids is 1. The molecule has 0 aliphatic carbocycles. The molecule has 0 fully saturated rings. The molecule has 0 unspecified atom stereocenters. The third-order valence-corrected chi connectivity index (χ3v) is 2.28. The average Bonchev–Trinajstić information content (AvgIpc) is 2.17. The smallest absolute Gasteiger partial charge is 0.303 e. The van der Waals surface area contributed by atoms with E-state index < -0.39 is 18.1 Å². The Morgan fingerprint density at radius 1 is 1.31 bits per heavy atom. The minimum Gasteiger partial charge on any atom is -0.481 e. The summed E-state index contributed by atoms with van der Waals surface area (Å²) in [6.45, 7) is 2.97. The van der Waals surface area contributed by atoms with E-state index in [-0.39, 0.29) is 24.5 Å². The standard InChI is InChI=1S/C10H18N2O4/c1-6(7(2)13)12-10(16)8(11-3)4-5-9(14)15/h6,8,11H,4-5H2,1-3H3,(H,12,16)(H,14,15)/t6-,8+/m1/s1. The summed E-state index contributed by atoms with van der Waals surface area (Å²) in [6.07, 6.45) is 0.107. The molecule has 92 valence electrons. The average molecular weight is 230 g/mol. The molecule has 2 atom stereocenters. The van der Waals surface area contributed by atoms with E-state index >= 15 is 0 Å². The maximum Gasteiger partial charge on any atom is 0.303 e. The van der Waals surface area contributed by atoms with Gasteiger partial charge in [0.1, 0.15) is 0 Å². The summed E-state index contributed by atoms with van der Waals surface area (Å²) in [5.74, 6) is -1.44. The van der Waals surface area contributed by atoms with E-state index in [2.05, 4.69) is 10.6 Å². The molecule has 1 amide bonds. The number of likely N-dealkylation sites (N-methyl/N-ethyl adjacent to an activating group) is 1. The van der Waals surface area contributed by atoms with E-state index in [0.717, 1.165) is 0 Å². The lowest BCUT2D eigenvalue weighted by atomic mass is 10.1. The zero-order chi connectivity index (χ0) is 12.7. The number of amides is 1. The van der Waals surface area contributed by atoms with Crippen molar-refractivity contribution in [2.45, 2.75) is 38.8 Å². The van der Waals surface area contributed by atoms with Crippen LogP contribution in [0, 0.1) is 0 Å². The summed E-state index contributed by atoms with van der Waals surface area (Å²) in [7, 11) is 1.57. The van der Waals surface area contributed by atoms with Gasteiger partial charge in [-0.25, -0.2) is 0 Å². The Bertz CT molecular complexity index is 278. The van der Waals surface area contributed by atoms with E-state index in [1.807, 2.05) is 0 Å². The molecule has 6 heteroatoms. The Morgan fingerprint density at radius 2 is 1.88 bits per heavy atom. The third-order valence-electron chi connectivity index (χ3n) is 2.28. The highest BCUT2D eigenvalue weighted by Crippen LogP contribution is 1.98. The van der Waals surface area contributed by atoms with Gasteiger partial charge in [-0.15, -0.1) is 0 Å². The quantitative estimate of drug-likeness (QED) is 0.549. The molecule has 0 rings (SSSR count). The van der Waals surface area contributed by atoms with Crippen molar-refractivity contribution >= 4 is 17.7 Å². The minimum atomic E-state index is -0.951. The summed E-state index contributed by atoms with van der Waals surface area (Å²) in [5, 5.41) is 13.7. The predicted octanol–water partition coefficient (Wildman–Crippen LogP) is -0.467. The van der Waals surface area contributed by atoms with Crippen molar-refractivity contribution in [1.82, 2.24) is 10.6 Å². The molecule has 0 spiro atoms. The molecule has 0 aliphatic heterocycles. The van der Waals surface area contributed by atoms with Crippen molar-refractivity contribution in [3.63, 3.8) is 0 Å². The number of ketones is 1. The van der Waals surface area contributed by atoms with Crippen molar-refractivity contribution in [3.8, 4) is 0 Å². The van der Waals surface area contributed by atoms with Crippen LogP contribution in [0.1, 0.15) is 26.7 Å². The number of rotatable bonds is 7. The van der Waals surface area contributed by atoms with E-state index in [4.69, 9.17) is 5.11 Å². The largest absolute Gasteiger partial charge is 0.481 e. The van der Waals surface area contributed by atoms with Crippen LogP contribution >= 0.6 is 0 Å². The van der Waals surface area contributed by atoms with Gasteiger partial charge in [-0.3, -0.25) is 14.4 Å². The first-order valence-electron chi connectivity index (χ1n) is 5.08. The Balaban J connectivity index is 4.20. The molecule has 0 heterocycles. The van der Waals surface area contributed by atoms with Crippen molar-refractivity contribution in [2.24, 2.45) is 0 Å². The maximum absolute atomic E-state index is 11.6. The number of nitrogens with one attached hydrogen (secondary N) is 2. The normalized spacial score (nSPS) is 13.9. The number of carboxylic acids is 1. The van der Waals surface area contributed by atoms with Crippen LogP contribution in [-0.4, -0.2) is 41.9 Å². The molecule has 0 aliphatic rings. The fourth-order valence-electron chi connectivity index (χ4n) is 1.09. The second-order valence-electron chi connectivity index (χ2n) is 3.61. The van der Waals surface area contributed by atoms with Crippen molar-refractivity contribution in [2.75, 3.05) is 7.05 Å².